The standard InChI is InChI=1S/C20H20O7/c1-18-6-12(10-3-5-24-8-10)27-16(21)11(18)2-4-19-9-25-17(22)14(19)15-13(26-15)7-20(18,19)23/h2-3,5,8,12-15,23H,4,6-7,9H2,1H3/t12-,13+,14+,15+,18-,19-,20+/m1/s1. The van der Waals surface area contributed by atoms with Gasteiger partial charge in [-0.2, -0.15) is 0 Å². The predicted molar refractivity (Wildman–Crippen MR) is 88.1 cm³/mol. The summed E-state index contributed by atoms with van der Waals surface area (Å²) < 4.78 is 22.0. The molecule has 3 aliphatic heterocycles. The number of furan rings is 1. The molecule has 142 valence electrons. The van der Waals surface area contributed by atoms with E-state index in [9.17, 15) is 14.7 Å². The minimum absolute atomic E-state index is 0.157. The van der Waals surface area contributed by atoms with Gasteiger partial charge in [-0.25, -0.2) is 4.79 Å². The normalized spacial score (nSPS) is 49.8. The first kappa shape index (κ1) is 15.9. The monoisotopic (exact) mass is 372 g/mol. The molecule has 7 atom stereocenters. The van der Waals surface area contributed by atoms with Crippen LogP contribution in [-0.4, -0.2) is 41.5 Å². The number of carbonyl (C=O) groups is 2. The number of rotatable bonds is 1. The Labute approximate surface area is 155 Å². The number of esters is 2. The SMILES string of the molecule is C[C@@]12C[C@H](c3ccoc3)OC(=O)C1=CC[C@@]13COC(=O)[C@@H]1[C@H]1O[C@H]1C[C@@]32O. The summed E-state index contributed by atoms with van der Waals surface area (Å²) in [5.41, 5.74) is -1.67. The van der Waals surface area contributed by atoms with Crippen molar-refractivity contribution in [1.29, 1.82) is 0 Å². The van der Waals surface area contributed by atoms with Gasteiger partial charge in [0.25, 0.3) is 0 Å². The number of carbonyl (C=O) groups excluding carboxylic acids is 2. The van der Waals surface area contributed by atoms with Crippen molar-refractivity contribution in [2.45, 2.75) is 50.1 Å². The Hall–Kier alpha value is -2.12. The molecule has 1 aromatic heterocycles. The zero-order chi connectivity index (χ0) is 18.6. The smallest absolute Gasteiger partial charge is 0.334 e. The first-order valence-corrected chi connectivity index (χ1v) is 9.38. The van der Waals surface area contributed by atoms with Crippen LogP contribution in [0.2, 0.25) is 0 Å². The molecule has 0 aromatic carbocycles. The van der Waals surface area contributed by atoms with Crippen LogP contribution in [0.1, 0.15) is 37.9 Å². The Morgan fingerprint density at radius 1 is 1.26 bits per heavy atom. The van der Waals surface area contributed by atoms with Crippen LogP contribution in [0.25, 0.3) is 0 Å². The number of ether oxygens (including phenoxy) is 3. The lowest BCUT2D eigenvalue weighted by atomic mass is 9.44. The molecule has 0 bridgehead atoms. The molecule has 0 amide bonds. The number of aliphatic hydroxyl groups is 1. The second-order valence-electron chi connectivity index (χ2n) is 8.75. The Bertz CT molecular complexity index is 888. The molecular formula is C20H20O7. The summed E-state index contributed by atoms with van der Waals surface area (Å²) in [4.78, 5) is 25.3. The fraction of sp³-hybridized carbons (Fsp3) is 0.600. The van der Waals surface area contributed by atoms with E-state index >= 15 is 0 Å². The molecular weight excluding hydrogens is 352 g/mol. The summed E-state index contributed by atoms with van der Waals surface area (Å²) >= 11 is 0. The number of hydrogen-bond donors (Lipinski definition) is 1. The largest absolute Gasteiger partial charge is 0.472 e. The van der Waals surface area contributed by atoms with E-state index in [1.165, 1.54) is 6.26 Å². The average molecular weight is 372 g/mol. The molecule has 1 saturated carbocycles. The molecule has 2 aliphatic carbocycles. The number of cyclic esters (lactones) is 2. The highest BCUT2D eigenvalue weighted by Gasteiger charge is 2.79. The van der Waals surface area contributed by atoms with E-state index in [1.54, 1.807) is 12.3 Å². The Morgan fingerprint density at radius 3 is 2.89 bits per heavy atom. The van der Waals surface area contributed by atoms with Gasteiger partial charge in [-0.3, -0.25) is 4.79 Å². The summed E-state index contributed by atoms with van der Waals surface area (Å²) in [6.07, 6.45) is 5.31. The molecule has 1 spiro atoms. The van der Waals surface area contributed by atoms with E-state index in [2.05, 4.69) is 0 Å². The third kappa shape index (κ3) is 1.66. The van der Waals surface area contributed by atoms with E-state index in [-0.39, 0.29) is 24.8 Å². The number of allylic oxidation sites excluding steroid dienone is 1. The van der Waals surface area contributed by atoms with E-state index in [4.69, 9.17) is 18.6 Å². The van der Waals surface area contributed by atoms with Crippen molar-refractivity contribution in [1.82, 2.24) is 0 Å². The summed E-state index contributed by atoms with van der Waals surface area (Å²) in [5.74, 6) is -1.20. The van der Waals surface area contributed by atoms with Crippen molar-refractivity contribution in [3.05, 3.63) is 35.8 Å². The van der Waals surface area contributed by atoms with E-state index in [0.29, 0.717) is 24.8 Å². The Morgan fingerprint density at radius 2 is 2.11 bits per heavy atom. The summed E-state index contributed by atoms with van der Waals surface area (Å²) in [6, 6.07) is 1.77. The van der Waals surface area contributed by atoms with Gasteiger partial charge in [-0.1, -0.05) is 13.0 Å². The average Bonchev–Trinajstić information content (AvgIpc) is 3.05. The lowest BCUT2D eigenvalue weighted by molar-refractivity contribution is -0.214. The van der Waals surface area contributed by atoms with Gasteiger partial charge in [0.15, 0.2) is 0 Å². The van der Waals surface area contributed by atoms with Gasteiger partial charge in [0.2, 0.25) is 0 Å². The minimum atomic E-state index is -1.29. The maximum absolute atomic E-state index is 12.8. The van der Waals surface area contributed by atoms with Gasteiger partial charge >= 0.3 is 11.9 Å². The van der Waals surface area contributed by atoms with Crippen molar-refractivity contribution in [3.63, 3.8) is 0 Å². The Kier molecular flexibility index (Phi) is 2.73. The molecule has 6 rings (SSSR count). The first-order chi connectivity index (χ1) is 12.9. The number of fused-ring (bicyclic) bond motifs is 4. The molecule has 7 nitrogen and oxygen atoms in total. The lowest BCUT2D eigenvalue weighted by Gasteiger charge is -2.61. The quantitative estimate of drug-likeness (QED) is 0.591. The van der Waals surface area contributed by atoms with Crippen LogP contribution in [0.5, 0.6) is 0 Å². The summed E-state index contributed by atoms with van der Waals surface area (Å²) in [7, 11) is 0. The van der Waals surface area contributed by atoms with Gasteiger partial charge in [-0.15, -0.1) is 0 Å². The predicted octanol–water partition coefficient (Wildman–Crippen LogP) is 1.67. The van der Waals surface area contributed by atoms with Gasteiger partial charge in [0.05, 0.1) is 41.7 Å². The van der Waals surface area contributed by atoms with Gasteiger partial charge < -0.3 is 23.7 Å². The molecule has 4 heterocycles. The summed E-state index contributed by atoms with van der Waals surface area (Å²) in [5, 5.41) is 12.2. The van der Waals surface area contributed by atoms with Crippen LogP contribution < -0.4 is 0 Å². The van der Waals surface area contributed by atoms with Crippen LogP contribution in [0.15, 0.2) is 34.7 Å². The van der Waals surface area contributed by atoms with Crippen LogP contribution in [0.4, 0.5) is 0 Å². The second kappa shape index (κ2) is 4.64. The van der Waals surface area contributed by atoms with Gasteiger partial charge in [0.1, 0.15) is 12.7 Å². The molecule has 5 aliphatic rings. The van der Waals surface area contributed by atoms with Crippen LogP contribution in [0.3, 0.4) is 0 Å². The molecule has 4 fully saturated rings. The third-order valence-electron chi connectivity index (χ3n) is 7.75. The van der Waals surface area contributed by atoms with Crippen molar-refractivity contribution >= 4 is 11.9 Å². The molecule has 27 heavy (non-hydrogen) atoms. The van der Waals surface area contributed by atoms with Crippen molar-refractivity contribution in [2.75, 3.05) is 6.61 Å². The zero-order valence-electron chi connectivity index (χ0n) is 14.8. The van der Waals surface area contributed by atoms with Crippen LogP contribution in [-0.2, 0) is 23.8 Å². The lowest BCUT2D eigenvalue weighted by Crippen LogP contribution is -2.69. The molecule has 1 aromatic rings. The minimum Gasteiger partial charge on any atom is -0.472 e. The maximum Gasteiger partial charge on any atom is 0.334 e. The molecule has 3 saturated heterocycles. The van der Waals surface area contributed by atoms with Crippen molar-refractivity contribution in [3.8, 4) is 0 Å². The fourth-order valence-electron chi connectivity index (χ4n) is 6.24. The molecule has 1 N–H and O–H groups in total. The zero-order valence-corrected chi connectivity index (χ0v) is 14.8. The topological polar surface area (TPSA) is 98.5 Å². The third-order valence-corrected chi connectivity index (χ3v) is 7.75. The summed E-state index contributed by atoms with van der Waals surface area (Å²) in [6.45, 7) is 2.07. The highest BCUT2D eigenvalue weighted by atomic mass is 16.6. The molecule has 0 radical (unpaired) electrons. The highest BCUT2D eigenvalue weighted by Crippen LogP contribution is 2.70. The van der Waals surface area contributed by atoms with Crippen LogP contribution in [0, 0.1) is 16.7 Å². The van der Waals surface area contributed by atoms with Crippen LogP contribution >= 0.6 is 0 Å². The van der Waals surface area contributed by atoms with Crippen molar-refractivity contribution in [2.24, 2.45) is 16.7 Å². The highest BCUT2D eigenvalue weighted by molar-refractivity contribution is 5.92. The molecule has 0 unspecified atom stereocenters. The molecule has 7 heteroatoms. The van der Waals surface area contributed by atoms with Crippen molar-refractivity contribution < 1.29 is 33.3 Å². The first-order valence-electron chi connectivity index (χ1n) is 9.38. The number of epoxide rings is 1. The van der Waals surface area contributed by atoms with Gasteiger partial charge in [-0.05, 0) is 12.5 Å². The number of hydrogen-bond acceptors (Lipinski definition) is 7. The van der Waals surface area contributed by atoms with E-state index < -0.39 is 34.4 Å². The fourth-order valence-corrected chi connectivity index (χ4v) is 6.24. The Balaban J connectivity index is 1.51. The van der Waals surface area contributed by atoms with E-state index in [1.807, 2.05) is 13.0 Å². The maximum atomic E-state index is 12.8. The van der Waals surface area contributed by atoms with Gasteiger partial charge in [0, 0.05) is 29.4 Å². The van der Waals surface area contributed by atoms with E-state index in [0.717, 1.165) is 5.56 Å². The second-order valence-corrected chi connectivity index (χ2v) is 8.75.